The summed E-state index contributed by atoms with van der Waals surface area (Å²) < 4.78 is 2.10. The lowest BCUT2D eigenvalue weighted by Crippen LogP contribution is -2.11. The van der Waals surface area contributed by atoms with Gasteiger partial charge in [0, 0.05) is 23.8 Å². The largest absolute Gasteiger partial charge is 0.348 e. The molecule has 5 heteroatoms. The number of nitrogens with zero attached hydrogens (tertiary/aromatic N) is 3. The number of hydrogen-bond acceptors (Lipinski definition) is 4. The van der Waals surface area contributed by atoms with E-state index in [4.69, 9.17) is 0 Å². The van der Waals surface area contributed by atoms with Gasteiger partial charge in [0.2, 0.25) is 5.95 Å². The van der Waals surface area contributed by atoms with E-state index < -0.39 is 0 Å². The van der Waals surface area contributed by atoms with Crippen molar-refractivity contribution in [2.75, 3.05) is 5.32 Å². The number of rotatable bonds is 4. The third-order valence-corrected chi connectivity index (χ3v) is 3.99. The summed E-state index contributed by atoms with van der Waals surface area (Å²) in [4.78, 5) is 10.1. The lowest BCUT2D eigenvalue weighted by Gasteiger charge is -2.14. The summed E-state index contributed by atoms with van der Waals surface area (Å²) >= 11 is 1.75. The van der Waals surface area contributed by atoms with Crippen LogP contribution in [0.2, 0.25) is 0 Å². The Morgan fingerprint density at radius 1 is 1.47 bits per heavy atom. The quantitative estimate of drug-likeness (QED) is 0.906. The summed E-state index contributed by atoms with van der Waals surface area (Å²) in [5.74, 6) is 0.922. The Hall–Kier alpha value is -1.36. The van der Waals surface area contributed by atoms with Crippen LogP contribution >= 0.6 is 11.3 Å². The van der Waals surface area contributed by atoms with Crippen LogP contribution in [-0.2, 0) is 6.54 Å². The Morgan fingerprint density at radius 2 is 2.24 bits per heavy atom. The zero-order valence-electron chi connectivity index (χ0n) is 10.7. The summed E-state index contributed by atoms with van der Waals surface area (Å²) in [6, 6.07) is 0.244. The number of aryl methyl sites for hydroxylation is 3. The first-order chi connectivity index (χ1) is 8.11. The van der Waals surface area contributed by atoms with Crippen molar-refractivity contribution in [3.8, 4) is 0 Å². The molecule has 0 aliphatic heterocycles. The van der Waals surface area contributed by atoms with E-state index >= 15 is 0 Å². The fourth-order valence-corrected chi connectivity index (χ4v) is 2.84. The number of anilines is 1. The fourth-order valence-electron chi connectivity index (χ4n) is 1.91. The summed E-state index contributed by atoms with van der Waals surface area (Å²) in [5.41, 5.74) is 1.11. The standard InChI is InChI=1S/C12H18N4S/c1-5-16-7-6-13-12(16)15-9(3)11-8(2)14-10(4)17-11/h6-7,9H,5H2,1-4H3,(H,13,15). The van der Waals surface area contributed by atoms with Gasteiger partial charge in [0.25, 0.3) is 0 Å². The Bertz CT molecular complexity index is 500. The normalized spacial score (nSPS) is 12.7. The van der Waals surface area contributed by atoms with Crippen molar-refractivity contribution in [3.05, 3.63) is 28.0 Å². The molecule has 2 aromatic rings. The van der Waals surface area contributed by atoms with Gasteiger partial charge in [-0.15, -0.1) is 11.3 Å². The highest BCUT2D eigenvalue weighted by Crippen LogP contribution is 2.26. The average molecular weight is 250 g/mol. The van der Waals surface area contributed by atoms with Crippen LogP contribution in [0.5, 0.6) is 0 Å². The molecule has 0 radical (unpaired) electrons. The first-order valence-corrected chi connectivity index (χ1v) is 6.65. The van der Waals surface area contributed by atoms with Gasteiger partial charge < -0.3 is 9.88 Å². The highest BCUT2D eigenvalue weighted by atomic mass is 32.1. The maximum atomic E-state index is 4.46. The molecule has 0 bridgehead atoms. The van der Waals surface area contributed by atoms with Gasteiger partial charge in [0.05, 0.1) is 16.7 Å². The first-order valence-electron chi connectivity index (χ1n) is 5.83. The Labute approximate surface area is 106 Å². The van der Waals surface area contributed by atoms with Gasteiger partial charge in [0.1, 0.15) is 0 Å². The van der Waals surface area contributed by atoms with Gasteiger partial charge in [-0.1, -0.05) is 0 Å². The van der Waals surface area contributed by atoms with E-state index in [0.717, 1.165) is 23.2 Å². The van der Waals surface area contributed by atoms with Crippen molar-refractivity contribution in [1.82, 2.24) is 14.5 Å². The zero-order valence-corrected chi connectivity index (χ0v) is 11.5. The molecular weight excluding hydrogens is 232 g/mol. The first kappa shape index (κ1) is 12.1. The van der Waals surface area contributed by atoms with Crippen molar-refractivity contribution in [2.45, 2.75) is 40.3 Å². The van der Waals surface area contributed by atoms with Gasteiger partial charge in [-0.05, 0) is 27.7 Å². The minimum Gasteiger partial charge on any atom is -0.348 e. The van der Waals surface area contributed by atoms with Gasteiger partial charge >= 0.3 is 0 Å². The molecule has 0 aliphatic carbocycles. The van der Waals surface area contributed by atoms with Crippen molar-refractivity contribution in [1.29, 1.82) is 0 Å². The molecular formula is C12H18N4S. The van der Waals surface area contributed by atoms with E-state index in [1.165, 1.54) is 4.88 Å². The molecule has 0 fully saturated rings. The molecule has 0 aromatic carbocycles. The summed E-state index contributed by atoms with van der Waals surface area (Å²) in [6.45, 7) is 9.29. The van der Waals surface area contributed by atoms with E-state index in [-0.39, 0.29) is 6.04 Å². The zero-order chi connectivity index (χ0) is 12.4. The molecule has 0 saturated carbocycles. The lowest BCUT2D eigenvalue weighted by molar-refractivity contribution is 0.745. The van der Waals surface area contributed by atoms with Crippen molar-refractivity contribution < 1.29 is 0 Å². The number of hydrogen-bond donors (Lipinski definition) is 1. The lowest BCUT2D eigenvalue weighted by atomic mass is 10.2. The maximum absolute atomic E-state index is 4.46. The van der Waals surface area contributed by atoms with E-state index in [1.807, 2.05) is 19.3 Å². The van der Waals surface area contributed by atoms with Crippen LogP contribution in [0.15, 0.2) is 12.4 Å². The van der Waals surface area contributed by atoms with Crippen LogP contribution in [0.4, 0.5) is 5.95 Å². The van der Waals surface area contributed by atoms with Gasteiger partial charge in [0.15, 0.2) is 0 Å². The second-order valence-electron chi connectivity index (χ2n) is 4.09. The maximum Gasteiger partial charge on any atom is 0.203 e. The van der Waals surface area contributed by atoms with Crippen molar-refractivity contribution >= 4 is 17.3 Å². The predicted molar refractivity (Wildman–Crippen MR) is 71.5 cm³/mol. The smallest absolute Gasteiger partial charge is 0.203 e. The van der Waals surface area contributed by atoms with Crippen LogP contribution in [0.25, 0.3) is 0 Å². The molecule has 0 amide bonds. The summed E-state index contributed by atoms with van der Waals surface area (Å²) in [7, 11) is 0. The number of thiazole rings is 1. The molecule has 0 spiro atoms. The summed E-state index contributed by atoms with van der Waals surface area (Å²) in [5, 5.41) is 4.55. The third-order valence-electron chi connectivity index (χ3n) is 2.73. The van der Waals surface area contributed by atoms with E-state index in [9.17, 15) is 0 Å². The summed E-state index contributed by atoms with van der Waals surface area (Å²) in [6.07, 6.45) is 3.81. The highest BCUT2D eigenvalue weighted by Gasteiger charge is 2.14. The molecule has 2 aromatic heterocycles. The minimum atomic E-state index is 0.244. The molecule has 17 heavy (non-hydrogen) atoms. The molecule has 1 atom stereocenters. The van der Waals surface area contributed by atoms with Gasteiger partial charge in [-0.2, -0.15) is 0 Å². The van der Waals surface area contributed by atoms with E-state index in [0.29, 0.717) is 0 Å². The molecule has 4 nitrogen and oxygen atoms in total. The van der Waals surface area contributed by atoms with E-state index in [1.54, 1.807) is 11.3 Å². The van der Waals surface area contributed by atoms with E-state index in [2.05, 4.69) is 40.6 Å². The molecule has 1 unspecified atom stereocenters. The monoisotopic (exact) mass is 250 g/mol. The average Bonchev–Trinajstić information content (AvgIpc) is 2.84. The fraction of sp³-hybridized carbons (Fsp3) is 0.500. The van der Waals surface area contributed by atoms with Crippen LogP contribution in [0, 0.1) is 13.8 Å². The Kier molecular flexibility index (Phi) is 3.47. The van der Waals surface area contributed by atoms with Crippen molar-refractivity contribution in [2.24, 2.45) is 0 Å². The predicted octanol–water partition coefficient (Wildman–Crippen LogP) is 3.15. The SMILES string of the molecule is CCn1ccnc1NC(C)c1sc(C)nc1C. The molecule has 92 valence electrons. The molecule has 1 N–H and O–H groups in total. The highest BCUT2D eigenvalue weighted by molar-refractivity contribution is 7.11. The topological polar surface area (TPSA) is 42.7 Å². The Balaban J connectivity index is 2.17. The van der Waals surface area contributed by atoms with Gasteiger partial charge in [-0.3, -0.25) is 0 Å². The van der Waals surface area contributed by atoms with Crippen molar-refractivity contribution in [3.63, 3.8) is 0 Å². The number of aromatic nitrogens is 3. The van der Waals surface area contributed by atoms with Crippen LogP contribution in [-0.4, -0.2) is 14.5 Å². The second kappa shape index (κ2) is 4.87. The molecule has 2 rings (SSSR count). The third kappa shape index (κ3) is 2.49. The molecule has 0 aliphatic rings. The Morgan fingerprint density at radius 3 is 2.82 bits per heavy atom. The second-order valence-corrected chi connectivity index (χ2v) is 5.32. The van der Waals surface area contributed by atoms with Crippen LogP contribution in [0.3, 0.4) is 0 Å². The molecule has 0 saturated heterocycles. The number of nitrogens with one attached hydrogen (secondary N) is 1. The minimum absolute atomic E-state index is 0.244. The molecule has 2 heterocycles. The van der Waals surface area contributed by atoms with Crippen LogP contribution < -0.4 is 5.32 Å². The van der Waals surface area contributed by atoms with Gasteiger partial charge in [-0.25, -0.2) is 9.97 Å². The van der Waals surface area contributed by atoms with Crippen LogP contribution in [0.1, 0.15) is 35.5 Å². The number of imidazole rings is 1.